The van der Waals surface area contributed by atoms with Gasteiger partial charge >= 0.3 is 0 Å². The summed E-state index contributed by atoms with van der Waals surface area (Å²) in [4.78, 5) is 0. The first-order chi connectivity index (χ1) is 8.84. The van der Waals surface area contributed by atoms with Crippen LogP contribution in [0.5, 0.6) is 0 Å². The van der Waals surface area contributed by atoms with Crippen LogP contribution in [0.25, 0.3) is 0 Å². The van der Waals surface area contributed by atoms with Gasteiger partial charge in [-0.1, -0.05) is 30.3 Å². The van der Waals surface area contributed by atoms with Crippen molar-refractivity contribution < 1.29 is 0 Å². The van der Waals surface area contributed by atoms with Crippen LogP contribution in [0, 0.1) is 17.2 Å². The maximum absolute atomic E-state index is 9.71. The van der Waals surface area contributed by atoms with Crippen LogP contribution < -0.4 is 5.32 Å². The van der Waals surface area contributed by atoms with Gasteiger partial charge in [0.25, 0.3) is 0 Å². The Hall–Kier alpha value is -1.33. The molecule has 1 aromatic rings. The van der Waals surface area contributed by atoms with Crippen molar-refractivity contribution in [1.82, 2.24) is 5.32 Å². The van der Waals surface area contributed by atoms with Gasteiger partial charge in [-0.05, 0) is 50.1 Å². The second-order valence-corrected chi connectivity index (χ2v) is 5.77. The third-order valence-corrected chi connectivity index (χ3v) is 4.76. The normalized spacial score (nSPS) is 35.5. The second-order valence-electron chi connectivity index (χ2n) is 5.77. The molecule has 1 aliphatic carbocycles. The highest BCUT2D eigenvalue weighted by Crippen LogP contribution is 2.44. The van der Waals surface area contributed by atoms with Crippen molar-refractivity contribution in [2.75, 3.05) is 6.54 Å². The molecule has 0 radical (unpaired) electrons. The van der Waals surface area contributed by atoms with Crippen molar-refractivity contribution in [1.29, 1.82) is 5.26 Å². The molecule has 1 saturated heterocycles. The molecule has 0 spiro atoms. The van der Waals surface area contributed by atoms with Gasteiger partial charge in [0, 0.05) is 6.04 Å². The molecule has 1 unspecified atom stereocenters. The zero-order valence-corrected chi connectivity index (χ0v) is 10.7. The Bertz CT molecular complexity index is 448. The minimum atomic E-state index is -0.235. The lowest BCUT2D eigenvalue weighted by Gasteiger charge is -2.44. The first kappa shape index (κ1) is 11.7. The lowest BCUT2D eigenvalue weighted by Crippen LogP contribution is -2.48. The van der Waals surface area contributed by atoms with E-state index < -0.39 is 0 Å². The van der Waals surface area contributed by atoms with Crippen LogP contribution in [0.15, 0.2) is 30.3 Å². The zero-order chi connectivity index (χ0) is 12.4. The molecule has 2 fully saturated rings. The highest BCUT2D eigenvalue weighted by molar-refractivity contribution is 5.33. The number of piperidine rings is 1. The smallest absolute Gasteiger partial charge is 0.0826 e. The van der Waals surface area contributed by atoms with Crippen molar-refractivity contribution in [2.45, 2.75) is 43.6 Å². The molecule has 1 heterocycles. The second kappa shape index (κ2) is 4.74. The standard InChI is InChI=1S/C16H20N2/c17-12-16(14-6-2-1-3-7-14)9-8-15-13(11-16)5-4-10-18-15/h1-3,6-7,13,15,18H,4-5,8-11H2/t13-,15-,16?/m1/s1. The third-order valence-electron chi connectivity index (χ3n) is 4.76. The number of hydrogen-bond acceptors (Lipinski definition) is 2. The fraction of sp³-hybridized carbons (Fsp3) is 0.562. The summed E-state index contributed by atoms with van der Waals surface area (Å²) in [5.74, 6) is 0.687. The minimum absolute atomic E-state index is 0.235. The first-order valence-corrected chi connectivity index (χ1v) is 7.04. The van der Waals surface area contributed by atoms with E-state index in [0.717, 1.165) is 25.8 Å². The minimum Gasteiger partial charge on any atom is -0.314 e. The summed E-state index contributed by atoms with van der Waals surface area (Å²) in [5.41, 5.74) is 0.984. The molecule has 94 valence electrons. The van der Waals surface area contributed by atoms with Gasteiger partial charge in [-0.2, -0.15) is 5.26 Å². The molecule has 2 aliphatic rings. The van der Waals surface area contributed by atoms with Gasteiger partial charge in [0.15, 0.2) is 0 Å². The van der Waals surface area contributed by atoms with Crippen LogP contribution in [-0.4, -0.2) is 12.6 Å². The van der Waals surface area contributed by atoms with Crippen LogP contribution in [-0.2, 0) is 5.41 Å². The Labute approximate surface area is 109 Å². The van der Waals surface area contributed by atoms with Crippen molar-refractivity contribution >= 4 is 0 Å². The third kappa shape index (κ3) is 1.93. The Morgan fingerprint density at radius 3 is 2.83 bits per heavy atom. The van der Waals surface area contributed by atoms with E-state index in [1.54, 1.807) is 0 Å². The molecule has 0 aromatic heterocycles. The largest absolute Gasteiger partial charge is 0.314 e. The van der Waals surface area contributed by atoms with Gasteiger partial charge in [-0.3, -0.25) is 0 Å². The molecule has 2 nitrogen and oxygen atoms in total. The summed E-state index contributed by atoms with van der Waals surface area (Å²) in [7, 11) is 0. The SMILES string of the molecule is N#CC1(c2ccccc2)CC[C@H]2NCCC[C@@H]2C1. The molecule has 1 saturated carbocycles. The summed E-state index contributed by atoms with van der Waals surface area (Å²) in [6.07, 6.45) is 5.73. The number of rotatable bonds is 1. The summed E-state index contributed by atoms with van der Waals surface area (Å²) < 4.78 is 0. The number of nitrogens with zero attached hydrogens (tertiary/aromatic N) is 1. The van der Waals surface area contributed by atoms with Gasteiger partial charge in [-0.25, -0.2) is 0 Å². The summed E-state index contributed by atoms with van der Waals surface area (Å²) in [6, 6.07) is 13.7. The van der Waals surface area contributed by atoms with Crippen LogP contribution in [0.3, 0.4) is 0 Å². The lowest BCUT2D eigenvalue weighted by molar-refractivity contribution is 0.167. The first-order valence-electron chi connectivity index (χ1n) is 7.04. The van der Waals surface area contributed by atoms with E-state index in [4.69, 9.17) is 0 Å². The van der Waals surface area contributed by atoms with Gasteiger partial charge < -0.3 is 5.32 Å². The highest BCUT2D eigenvalue weighted by Gasteiger charge is 2.42. The van der Waals surface area contributed by atoms with Crippen LogP contribution in [0.2, 0.25) is 0 Å². The predicted octanol–water partition coefficient (Wildman–Crippen LogP) is 3.00. The Morgan fingerprint density at radius 2 is 2.06 bits per heavy atom. The van der Waals surface area contributed by atoms with Gasteiger partial charge in [0.2, 0.25) is 0 Å². The van der Waals surface area contributed by atoms with E-state index >= 15 is 0 Å². The number of fused-ring (bicyclic) bond motifs is 1. The average Bonchev–Trinajstić information content (AvgIpc) is 2.47. The van der Waals surface area contributed by atoms with E-state index in [0.29, 0.717) is 12.0 Å². The Morgan fingerprint density at radius 1 is 1.22 bits per heavy atom. The summed E-state index contributed by atoms with van der Waals surface area (Å²) in [6.45, 7) is 1.16. The predicted molar refractivity (Wildman–Crippen MR) is 72.1 cm³/mol. The number of nitriles is 1. The zero-order valence-electron chi connectivity index (χ0n) is 10.7. The van der Waals surface area contributed by atoms with E-state index in [1.807, 2.05) is 6.07 Å². The summed E-state index contributed by atoms with van der Waals surface area (Å²) >= 11 is 0. The number of nitrogens with one attached hydrogen (secondary N) is 1. The van der Waals surface area contributed by atoms with E-state index in [2.05, 4.69) is 35.7 Å². The molecule has 18 heavy (non-hydrogen) atoms. The maximum Gasteiger partial charge on any atom is 0.0826 e. The molecular formula is C16H20N2. The average molecular weight is 240 g/mol. The van der Waals surface area contributed by atoms with Crippen LogP contribution in [0.1, 0.15) is 37.7 Å². The molecule has 2 heteroatoms. The van der Waals surface area contributed by atoms with Crippen LogP contribution in [0.4, 0.5) is 0 Å². The van der Waals surface area contributed by atoms with E-state index in [1.165, 1.54) is 18.4 Å². The quantitative estimate of drug-likeness (QED) is 0.819. The fourth-order valence-electron chi connectivity index (χ4n) is 3.74. The monoisotopic (exact) mass is 240 g/mol. The lowest BCUT2D eigenvalue weighted by atomic mass is 9.63. The Kier molecular flexibility index (Phi) is 3.09. The molecular weight excluding hydrogens is 220 g/mol. The highest BCUT2D eigenvalue weighted by atomic mass is 14.9. The number of hydrogen-bond donors (Lipinski definition) is 1. The summed E-state index contributed by atoms with van der Waals surface area (Å²) in [5, 5.41) is 13.3. The molecule has 3 atom stereocenters. The fourth-order valence-corrected chi connectivity index (χ4v) is 3.74. The molecule has 1 aromatic carbocycles. The van der Waals surface area contributed by atoms with Crippen molar-refractivity contribution in [2.24, 2.45) is 5.92 Å². The molecule has 1 aliphatic heterocycles. The maximum atomic E-state index is 9.71. The Balaban J connectivity index is 1.88. The molecule has 0 amide bonds. The van der Waals surface area contributed by atoms with Gasteiger partial charge in [-0.15, -0.1) is 0 Å². The molecule has 3 rings (SSSR count). The number of benzene rings is 1. The van der Waals surface area contributed by atoms with E-state index in [9.17, 15) is 5.26 Å². The van der Waals surface area contributed by atoms with Crippen molar-refractivity contribution in [3.63, 3.8) is 0 Å². The molecule has 0 bridgehead atoms. The van der Waals surface area contributed by atoms with Gasteiger partial charge in [0.05, 0.1) is 11.5 Å². The van der Waals surface area contributed by atoms with Crippen molar-refractivity contribution in [3.8, 4) is 6.07 Å². The van der Waals surface area contributed by atoms with Gasteiger partial charge in [0.1, 0.15) is 0 Å². The molecule has 1 N–H and O–H groups in total. The topological polar surface area (TPSA) is 35.8 Å². The van der Waals surface area contributed by atoms with Crippen molar-refractivity contribution in [3.05, 3.63) is 35.9 Å². The van der Waals surface area contributed by atoms with Crippen LogP contribution >= 0.6 is 0 Å². The van der Waals surface area contributed by atoms with E-state index in [-0.39, 0.29) is 5.41 Å².